The summed E-state index contributed by atoms with van der Waals surface area (Å²) < 4.78 is 2.00. The van der Waals surface area contributed by atoms with Crippen LogP contribution in [0.4, 0.5) is 0 Å². The number of aromatic nitrogens is 2. The van der Waals surface area contributed by atoms with Crippen molar-refractivity contribution in [1.82, 2.24) is 14.7 Å². The molecule has 0 aliphatic heterocycles. The van der Waals surface area contributed by atoms with E-state index in [9.17, 15) is 0 Å². The van der Waals surface area contributed by atoms with E-state index in [0.29, 0.717) is 6.54 Å². The van der Waals surface area contributed by atoms with Crippen LogP contribution in [0.15, 0.2) is 6.20 Å². The summed E-state index contributed by atoms with van der Waals surface area (Å²) in [5.41, 5.74) is 7.88. The van der Waals surface area contributed by atoms with Gasteiger partial charge in [-0.25, -0.2) is 0 Å². The fraction of sp³-hybridized carbons (Fsp3) is 0.667. The standard InChI is InChI=1S/C9H18N4/c1-8-9(6-10)7-11-13(8)5-4-12(2)3/h7H,4-6,10H2,1-3H3. The second-order valence-electron chi connectivity index (χ2n) is 3.49. The molecule has 0 aliphatic rings. The second kappa shape index (κ2) is 4.39. The van der Waals surface area contributed by atoms with Gasteiger partial charge in [-0.1, -0.05) is 0 Å². The van der Waals surface area contributed by atoms with Gasteiger partial charge in [-0.3, -0.25) is 4.68 Å². The van der Waals surface area contributed by atoms with Crippen molar-refractivity contribution in [2.24, 2.45) is 5.73 Å². The molecule has 0 radical (unpaired) electrons. The van der Waals surface area contributed by atoms with Crippen LogP contribution in [0.1, 0.15) is 11.3 Å². The highest BCUT2D eigenvalue weighted by molar-refractivity contribution is 5.15. The van der Waals surface area contributed by atoms with Gasteiger partial charge < -0.3 is 10.6 Å². The molecule has 0 amide bonds. The summed E-state index contributed by atoms with van der Waals surface area (Å²) in [5, 5.41) is 4.27. The number of hydrogen-bond donors (Lipinski definition) is 1. The normalized spacial score (nSPS) is 11.2. The molecule has 13 heavy (non-hydrogen) atoms. The van der Waals surface area contributed by atoms with Crippen molar-refractivity contribution in [3.63, 3.8) is 0 Å². The summed E-state index contributed by atoms with van der Waals surface area (Å²) >= 11 is 0. The fourth-order valence-corrected chi connectivity index (χ4v) is 1.21. The third-order valence-electron chi connectivity index (χ3n) is 2.18. The van der Waals surface area contributed by atoms with E-state index in [-0.39, 0.29) is 0 Å². The van der Waals surface area contributed by atoms with Crippen LogP contribution in [0.5, 0.6) is 0 Å². The Labute approximate surface area is 79.3 Å². The van der Waals surface area contributed by atoms with Gasteiger partial charge in [0.05, 0.1) is 12.7 Å². The second-order valence-corrected chi connectivity index (χ2v) is 3.49. The Kier molecular flexibility index (Phi) is 3.45. The van der Waals surface area contributed by atoms with Gasteiger partial charge in [-0.05, 0) is 21.0 Å². The number of likely N-dealkylation sites (N-methyl/N-ethyl adjacent to an activating group) is 1. The Morgan fingerprint density at radius 2 is 2.23 bits per heavy atom. The molecule has 0 fully saturated rings. The van der Waals surface area contributed by atoms with Crippen molar-refractivity contribution < 1.29 is 0 Å². The van der Waals surface area contributed by atoms with Crippen LogP contribution in [-0.2, 0) is 13.1 Å². The molecular formula is C9H18N4. The summed E-state index contributed by atoms with van der Waals surface area (Å²) in [6, 6.07) is 0. The van der Waals surface area contributed by atoms with Crippen molar-refractivity contribution in [3.8, 4) is 0 Å². The van der Waals surface area contributed by atoms with Gasteiger partial charge >= 0.3 is 0 Å². The first-order valence-corrected chi connectivity index (χ1v) is 4.51. The minimum absolute atomic E-state index is 0.577. The van der Waals surface area contributed by atoms with Crippen LogP contribution in [0, 0.1) is 6.92 Å². The zero-order valence-electron chi connectivity index (χ0n) is 8.62. The molecule has 1 aromatic rings. The average molecular weight is 182 g/mol. The monoisotopic (exact) mass is 182 g/mol. The largest absolute Gasteiger partial charge is 0.326 e. The molecule has 0 unspecified atom stereocenters. The van der Waals surface area contributed by atoms with Crippen LogP contribution in [0.3, 0.4) is 0 Å². The van der Waals surface area contributed by atoms with Crippen molar-refractivity contribution >= 4 is 0 Å². The van der Waals surface area contributed by atoms with Gasteiger partial charge in [0, 0.05) is 24.3 Å². The van der Waals surface area contributed by atoms with E-state index in [4.69, 9.17) is 5.73 Å². The topological polar surface area (TPSA) is 47.1 Å². The molecule has 0 aromatic carbocycles. The van der Waals surface area contributed by atoms with Gasteiger partial charge in [-0.15, -0.1) is 0 Å². The lowest BCUT2D eigenvalue weighted by Crippen LogP contribution is -2.19. The van der Waals surface area contributed by atoms with Gasteiger partial charge in [0.2, 0.25) is 0 Å². The predicted molar refractivity (Wildman–Crippen MR) is 53.4 cm³/mol. The minimum Gasteiger partial charge on any atom is -0.326 e. The Balaban J connectivity index is 2.62. The number of nitrogens with zero attached hydrogens (tertiary/aromatic N) is 3. The summed E-state index contributed by atoms with van der Waals surface area (Å²) in [4.78, 5) is 2.14. The van der Waals surface area contributed by atoms with Crippen molar-refractivity contribution in [2.45, 2.75) is 20.0 Å². The van der Waals surface area contributed by atoms with Gasteiger partial charge in [0.1, 0.15) is 0 Å². The zero-order valence-corrected chi connectivity index (χ0v) is 8.62. The maximum Gasteiger partial charge on any atom is 0.0539 e. The highest BCUT2D eigenvalue weighted by atomic mass is 15.3. The van der Waals surface area contributed by atoms with E-state index in [0.717, 1.165) is 18.7 Å². The van der Waals surface area contributed by atoms with E-state index < -0.39 is 0 Å². The smallest absolute Gasteiger partial charge is 0.0539 e. The molecule has 4 heteroatoms. The fourth-order valence-electron chi connectivity index (χ4n) is 1.21. The molecule has 4 nitrogen and oxygen atoms in total. The number of hydrogen-bond acceptors (Lipinski definition) is 3. The Hall–Kier alpha value is -0.870. The quantitative estimate of drug-likeness (QED) is 0.724. The first kappa shape index (κ1) is 10.2. The molecule has 0 saturated heterocycles. The van der Waals surface area contributed by atoms with Crippen molar-refractivity contribution in [1.29, 1.82) is 0 Å². The average Bonchev–Trinajstić information content (AvgIpc) is 2.43. The Bertz CT molecular complexity index is 265. The first-order chi connectivity index (χ1) is 6.15. The van der Waals surface area contributed by atoms with Crippen LogP contribution < -0.4 is 5.73 Å². The number of rotatable bonds is 4. The minimum atomic E-state index is 0.577. The summed E-state index contributed by atoms with van der Waals surface area (Å²) in [7, 11) is 4.12. The molecule has 0 saturated carbocycles. The summed E-state index contributed by atoms with van der Waals surface area (Å²) in [5.74, 6) is 0. The third kappa shape index (κ3) is 2.54. The van der Waals surface area contributed by atoms with E-state index >= 15 is 0 Å². The van der Waals surface area contributed by atoms with Crippen LogP contribution in [-0.4, -0.2) is 35.3 Å². The highest BCUT2D eigenvalue weighted by Gasteiger charge is 2.03. The zero-order chi connectivity index (χ0) is 9.84. The van der Waals surface area contributed by atoms with Crippen LogP contribution in [0.25, 0.3) is 0 Å². The Morgan fingerprint density at radius 1 is 1.54 bits per heavy atom. The van der Waals surface area contributed by atoms with E-state index in [2.05, 4.69) is 31.0 Å². The molecular weight excluding hydrogens is 164 g/mol. The van der Waals surface area contributed by atoms with Gasteiger partial charge in [-0.2, -0.15) is 5.10 Å². The van der Waals surface area contributed by atoms with E-state index in [1.807, 2.05) is 10.9 Å². The maximum atomic E-state index is 5.56. The molecule has 2 N–H and O–H groups in total. The SMILES string of the molecule is Cc1c(CN)cnn1CCN(C)C. The van der Waals surface area contributed by atoms with Crippen molar-refractivity contribution in [2.75, 3.05) is 20.6 Å². The van der Waals surface area contributed by atoms with E-state index in [1.165, 1.54) is 5.69 Å². The van der Waals surface area contributed by atoms with E-state index in [1.54, 1.807) is 0 Å². The molecule has 74 valence electrons. The van der Waals surface area contributed by atoms with Crippen LogP contribution >= 0.6 is 0 Å². The third-order valence-corrected chi connectivity index (χ3v) is 2.18. The summed E-state index contributed by atoms with van der Waals surface area (Å²) in [6.07, 6.45) is 1.85. The van der Waals surface area contributed by atoms with Gasteiger partial charge in [0.25, 0.3) is 0 Å². The van der Waals surface area contributed by atoms with Crippen LogP contribution in [0.2, 0.25) is 0 Å². The molecule has 0 spiro atoms. The predicted octanol–water partition coefficient (Wildman–Crippen LogP) is 0.212. The molecule has 0 atom stereocenters. The lowest BCUT2D eigenvalue weighted by atomic mass is 10.3. The van der Waals surface area contributed by atoms with Gasteiger partial charge in [0.15, 0.2) is 0 Å². The summed E-state index contributed by atoms with van der Waals surface area (Å²) in [6.45, 7) is 4.57. The molecule has 0 aliphatic carbocycles. The molecule has 1 rings (SSSR count). The maximum absolute atomic E-state index is 5.56. The Morgan fingerprint density at radius 3 is 2.69 bits per heavy atom. The molecule has 1 aromatic heterocycles. The molecule has 1 heterocycles. The lowest BCUT2D eigenvalue weighted by molar-refractivity contribution is 0.371. The van der Waals surface area contributed by atoms with Crippen molar-refractivity contribution in [3.05, 3.63) is 17.5 Å². The highest BCUT2D eigenvalue weighted by Crippen LogP contribution is 2.05. The molecule has 0 bridgehead atoms. The first-order valence-electron chi connectivity index (χ1n) is 4.51. The lowest BCUT2D eigenvalue weighted by Gasteiger charge is -2.10. The number of nitrogens with two attached hydrogens (primary N) is 1.